The van der Waals surface area contributed by atoms with Crippen LogP contribution in [0.15, 0.2) is 76.8 Å². The SMILES string of the molecule is Cc1ccc(OCCN(C(=O)C2=C(c3ccc(OCCOc4ccc(Br)cc4)cc3)CC3CNCC2N3C(=O)OC(C)(C)C(Cl)(Cl)Cl)C2CC2)cc1C. The summed E-state index contributed by atoms with van der Waals surface area (Å²) in [6.07, 6.45) is 1.61. The lowest BCUT2D eigenvalue weighted by molar-refractivity contribution is -0.129. The summed E-state index contributed by atoms with van der Waals surface area (Å²) in [6.45, 7) is 9.59. The fraction of sp³-hybridized carbons (Fsp3) is 0.450. The molecule has 6 rings (SSSR count). The first-order valence-electron chi connectivity index (χ1n) is 17.9. The number of amides is 2. The molecule has 2 heterocycles. The molecule has 2 atom stereocenters. The van der Waals surface area contributed by atoms with Crippen LogP contribution >= 0.6 is 50.7 Å². The summed E-state index contributed by atoms with van der Waals surface area (Å²) in [5.74, 6) is 2.09. The van der Waals surface area contributed by atoms with Gasteiger partial charge in [-0.15, -0.1) is 0 Å². The normalized spacial score (nSPS) is 18.8. The van der Waals surface area contributed by atoms with Gasteiger partial charge in [-0.25, -0.2) is 4.79 Å². The van der Waals surface area contributed by atoms with Gasteiger partial charge in [0.25, 0.3) is 5.91 Å². The molecule has 2 unspecified atom stereocenters. The van der Waals surface area contributed by atoms with Gasteiger partial charge in [-0.2, -0.15) is 0 Å². The largest absolute Gasteiger partial charge is 0.492 e. The number of alkyl halides is 3. The van der Waals surface area contributed by atoms with Gasteiger partial charge in [0.2, 0.25) is 3.79 Å². The Morgan fingerprint density at radius 2 is 1.45 bits per heavy atom. The van der Waals surface area contributed by atoms with E-state index in [-0.39, 0.29) is 18.0 Å². The summed E-state index contributed by atoms with van der Waals surface area (Å²) in [4.78, 5) is 32.4. The molecule has 3 aromatic rings. The molecule has 2 amide bonds. The topological polar surface area (TPSA) is 89.6 Å². The number of hydrogen-bond acceptors (Lipinski definition) is 7. The van der Waals surface area contributed by atoms with Crippen molar-refractivity contribution in [3.63, 3.8) is 0 Å². The smallest absolute Gasteiger partial charge is 0.411 e. The Labute approximate surface area is 334 Å². The molecule has 2 fully saturated rings. The Balaban J connectivity index is 1.25. The molecule has 284 valence electrons. The number of aryl methyl sites for hydroxylation is 2. The van der Waals surface area contributed by atoms with Crippen molar-refractivity contribution in [2.24, 2.45) is 0 Å². The first-order valence-corrected chi connectivity index (χ1v) is 19.8. The third-order valence-corrected chi connectivity index (χ3v) is 11.9. The number of nitrogens with one attached hydrogen (secondary N) is 1. The molecule has 53 heavy (non-hydrogen) atoms. The van der Waals surface area contributed by atoms with Crippen molar-refractivity contribution in [1.29, 1.82) is 0 Å². The van der Waals surface area contributed by atoms with Crippen LogP contribution in [0.3, 0.4) is 0 Å². The second-order valence-corrected chi connectivity index (χ2v) is 17.4. The number of carbonyl (C=O) groups excluding carboxylic acids is 2. The van der Waals surface area contributed by atoms with Crippen molar-refractivity contribution >= 4 is 68.3 Å². The number of hydrogen-bond donors (Lipinski definition) is 1. The fourth-order valence-corrected chi connectivity index (χ4v) is 6.98. The fourth-order valence-electron chi connectivity index (χ4n) is 6.60. The molecule has 2 aliphatic heterocycles. The molecular weight excluding hydrogens is 805 g/mol. The Hall–Kier alpha value is -3.15. The van der Waals surface area contributed by atoms with Crippen LogP contribution in [0.1, 0.15) is 49.8 Å². The van der Waals surface area contributed by atoms with Gasteiger partial charge >= 0.3 is 6.09 Å². The number of nitrogens with zero attached hydrogens (tertiary/aromatic N) is 2. The molecule has 1 saturated heterocycles. The van der Waals surface area contributed by atoms with Crippen molar-refractivity contribution in [2.45, 2.75) is 74.5 Å². The quantitative estimate of drug-likeness (QED) is 0.136. The molecule has 0 aromatic heterocycles. The molecule has 1 aliphatic carbocycles. The number of carbonyl (C=O) groups is 2. The van der Waals surface area contributed by atoms with E-state index in [1.54, 1.807) is 18.7 Å². The van der Waals surface area contributed by atoms with Crippen molar-refractivity contribution in [3.05, 3.63) is 93.5 Å². The van der Waals surface area contributed by atoms with Crippen LogP contribution in [0.4, 0.5) is 4.79 Å². The van der Waals surface area contributed by atoms with E-state index in [4.69, 9.17) is 53.8 Å². The number of halogens is 4. The van der Waals surface area contributed by atoms with Gasteiger partial charge in [-0.1, -0.05) is 68.9 Å². The molecule has 13 heteroatoms. The van der Waals surface area contributed by atoms with Crippen molar-refractivity contribution < 1.29 is 28.5 Å². The average Bonchev–Trinajstić information content (AvgIpc) is 3.95. The van der Waals surface area contributed by atoms with E-state index in [1.165, 1.54) is 5.56 Å². The molecule has 0 spiro atoms. The van der Waals surface area contributed by atoms with Crippen LogP contribution in [0.25, 0.3) is 5.57 Å². The number of ether oxygens (including phenoxy) is 4. The molecule has 1 saturated carbocycles. The van der Waals surface area contributed by atoms with Gasteiger partial charge in [0, 0.05) is 29.2 Å². The second kappa shape index (κ2) is 16.7. The van der Waals surface area contributed by atoms with Crippen LogP contribution < -0.4 is 19.5 Å². The van der Waals surface area contributed by atoms with Gasteiger partial charge < -0.3 is 29.2 Å². The minimum absolute atomic E-state index is 0.0907. The van der Waals surface area contributed by atoms with Gasteiger partial charge in [0.05, 0.1) is 18.6 Å². The van der Waals surface area contributed by atoms with E-state index in [0.29, 0.717) is 57.2 Å². The molecule has 2 bridgehead atoms. The molecule has 3 aromatic carbocycles. The van der Waals surface area contributed by atoms with Crippen LogP contribution in [0.2, 0.25) is 0 Å². The zero-order valence-corrected chi connectivity index (χ0v) is 34.2. The monoisotopic (exact) mass is 847 g/mol. The van der Waals surface area contributed by atoms with Crippen LogP contribution in [0, 0.1) is 13.8 Å². The molecule has 9 nitrogen and oxygen atoms in total. The Morgan fingerprint density at radius 1 is 0.849 bits per heavy atom. The Bertz CT molecular complexity index is 1810. The average molecular weight is 850 g/mol. The Kier molecular flexibility index (Phi) is 12.5. The highest BCUT2D eigenvalue weighted by atomic mass is 79.9. The summed E-state index contributed by atoms with van der Waals surface area (Å²) >= 11 is 22.1. The van der Waals surface area contributed by atoms with E-state index in [0.717, 1.165) is 45.5 Å². The van der Waals surface area contributed by atoms with Crippen molar-refractivity contribution in [2.75, 3.05) is 39.5 Å². The van der Waals surface area contributed by atoms with Gasteiger partial charge in [0.15, 0.2) is 5.60 Å². The summed E-state index contributed by atoms with van der Waals surface area (Å²) in [5.41, 5.74) is 3.24. The minimum atomic E-state index is -1.86. The van der Waals surface area contributed by atoms with Gasteiger partial charge in [-0.05, 0) is 118 Å². The minimum Gasteiger partial charge on any atom is -0.492 e. The first-order chi connectivity index (χ1) is 25.2. The maximum Gasteiger partial charge on any atom is 0.411 e. The predicted octanol–water partition coefficient (Wildman–Crippen LogP) is 8.68. The lowest BCUT2D eigenvalue weighted by atomic mass is 9.82. The number of benzene rings is 3. The lowest BCUT2D eigenvalue weighted by Gasteiger charge is -2.48. The third kappa shape index (κ3) is 9.57. The highest BCUT2D eigenvalue weighted by Gasteiger charge is 2.50. The summed E-state index contributed by atoms with van der Waals surface area (Å²) < 4.78 is 22.9. The highest BCUT2D eigenvalue weighted by molar-refractivity contribution is 9.10. The maximum atomic E-state index is 14.9. The summed E-state index contributed by atoms with van der Waals surface area (Å²) in [7, 11) is 0. The molecule has 3 aliphatic rings. The maximum absolute atomic E-state index is 14.9. The van der Waals surface area contributed by atoms with Crippen LogP contribution in [-0.4, -0.2) is 88.8 Å². The van der Waals surface area contributed by atoms with E-state index >= 15 is 0 Å². The van der Waals surface area contributed by atoms with Crippen LogP contribution in [0.5, 0.6) is 17.2 Å². The zero-order chi connectivity index (χ0) is 37.9. The van der Waals surface area contributed by atoms with E-state index in [2.05, 4.69) is 35.1 Å². The Morgan fingerprint density at radius 3 is 2.06 bits per heavy atom. The predicted molar refractivity (Wildman–Crippen MR) is 212 cm³/mol. The standard InChI is InChI=1S/C40H45BrCl3N3O6/c1-25-5-12-33(21-26(25)2)50-18-17-46(29-10-11-29)37(48)36-34(22-30-23-45-24-35(36)47(30)38(49)53-39(3,4)40(42,43)44)27-6-13-31(14-7-27)51-19-20-52-32-15-8-28(41)9-16-32/h5-9,12-16,21,29-30,35,45H,10-11,17-20,22-24H2,1-4H3. The molecule has 1 N–H and O–H groups in total. The van der Waals surface area contributed by atoms with Crippen molar-refractivity contribution in [3.8, 4) is 17.2 Å². The van der Waals surface area contributed by atoms with E-state index in [9.17, 15) is 9.59 Å². The molecule has 0 radical (unpaired) electrons. The zero-order valence-electron chi connectivity index (χ0n) is 30.3. The van der Waals surface area contributed by atoms with E-state index in [1.807, 2.05) is 71.6 Å². The number of rotatable bonds is 13. The third-order valence-electron chi connectivity index (χ3n) is 9.98. The second-order valence-electron chi connectivity index (χ2n) is 14.2. The first kappa shape index (κ1) is 39.5. The van der Waals surface area contributed by atoms with Crippen molar-refractivity contribution in [1.82, 2.24) is 15.1 Å². The van der Waals surface area contributed by atoms with E-state index < -0.39 is 21.5 Å². The highest BCUT2D eigenvalue weighted by Crippen LogP contribution is 2.43. The lowest BCUT2D eigenvalue weighted by Crippen LogP contribution is -2.64. The van der Waals surface area contributed by atoms with Gasteiger partial charge in [-0.3, -0.25) is 9.69 Å². The summed E-state index contributed by atoms with van der Waals surface area (Å²) in [6, 6.07) is 20.6. The van der Waals surface area contributed by atoms with Crippen LogP contribution in [-0.2, 0) is 9.53 Å². The molecular formula is C40H45BrCl3N3O6. The number of piperazine rings is 1. The van der Waals surface area contributed by atoms with Gasteiger partial charge in [0.1, 0.15) is 37.1 Å². The summed E-state index contributed by atoms with van der Waals surface area (Å²) in [5, 5.41) is 3.44. The number of fused-ring (bicyclic) bond motifs is 2.